The minimum atomic E-state index is -0.495. The van der Waals surface area contributed by atoms with Crippen molar-refractivity contribution in [3.05, 3.63) is 41.8 Å². The van der Waals surface area contributed by atoms with E-state index in [0.29, 0.717) is 18.9 Å². The standard InChI is InChI=1S/C23H34N4O2S2/c1-6-26(22(28)29-23(2,3)4)12-13-27-14-16-31-20-11-10-18(17-19(20)27)25-21(24)9-7-8-15-30-5/h7-11,15,17H,6,12-14,16H2,1-5H3,(H2,24,25)/b9-7+,15-8-. The number of nitrogens with two attached hydrogens (primary N) is 1. The summed E-state index contributed by atoms with van der Waals surface area (Å²) >= 11 is 3.47. The third kappa shape index (κ3) is 8.53. The number of rotatable bonds is 8. The average Bonchev–Trinajstić information content (AvgIpc) is 2.70. The Balaban J connectivity index is 2.10. The summed E-state index contributed by atoms with van der Waals surface area (Å²) in [5.41, 5.74) is 7.51. The number of carbonyl (C=O) groups is 1. The highest BCUT2D eigenvalue weighted by atomic mass is 32.2. The number of amides is 1. The minimum Gasteiger partial charge on any atom is -0.444 e. The molecule has 8 heteroatoms. The molecule has 0 aromatic heterocycles. The second-order valence-electron chi connectivity index (χ2n) is 8.01. The van der Waals surface area contributed by atoms with Crippen molar-refractivity contribution >= 4 is 46.8 Å². The summed E-state index contributed by atoms with van der Waals surface area (Å²) in [4.78, 5) is 22.3. The Kier molecular flexibility index (Phi) is 9.84. The van der Waals surface area contributed by atoms with Crippen LogP contribution in [0.3, 0.4) is 0 Å². The fourth-order valence-electron chi connectivity index (χ4n) is 2.97. The van der Waals surface area contributed by atoms with Crippen LogP contribution in [0.4, 0.5) is 16.2 Å². The van der Waals surface area contributed by atoms with Crippen LogP contribution in [0.2, 0.25) is 0 Å². The maximum Gasteiger partial charge on any atom is 0.410 e. The Hall–Kier alpha value is -2.06. The van der Waals surface area contributed by atoms with E-state index in [2.05, 4.69) is 22.0 Å². The molecule has 2 rings (SSSR count). The van der Waals surface area contributed by atoms with Crippen LogP contribution in [0.5, 0.6) is 0 Å². The van der Waals surface area contributed by atoms with Gasteiger partial charge in [0.25, 0.3) is 0 Å². The van der Waals surface area contributed by atoms with E-state index in [1.54, 1.807) is 22.7 Å². The molecule has 31 heavy (non-hydrogen) atoms. The average molecular weight is 463 g/mol. The van der Waals surface area contributed by atoms with Gasteiger partial charge in [0, 0.05) is 36.8 Å². The molecule has 1 aromatic carbocycles. The van der Waals surface area contributed by atoms with Crippen LogP contribution in [0.25, 0.3) is 0 Å². The lowest BCUT2D eigenvalue weighted by atomic mass is 10.2. The monoisotopic (exact) mass is 462 g/mol. The number of anilines is 1. The molecule has 0 atom stereocenters. The molecule has 0 spiro atoms. The number of nitrogens with zero attached hydrogens (tertiary/aromatic N) is 3. The summed E-state index contributed by atoms with van der Waals surface area (Å²) in [5, 5.41) is 1.98. The molecule has 0 aliphatic carbocycles. The van der Waals surface area contributed by atoms with E-state index in [1.165, 1.54) is 4.90 Å². The number of fused-ring (bicyclic) bond motifs is 1. The lowest BCUT2D eigenvalue weighted by Gasteiger charge is -2.33. The zero-order valence-electron chi connectivity index (χ0n) is 19.1. The molecule has 1 aliphatic heterocycles. The molecule has 0 unspecified atom stereocenters. The van der Waals surface area contributed by atoms with Crippen molar-refractivity contribution in [2.75, 3.05) is 43.1 Å². The fraction of sp³-hybridized carbons (Fsp3) is 0.478. The predicted molar refractivity (Wildman–Crippen MR) is 136 cm³/mol. The fourth-order valence-corrected chi connectivity index (χ4v) is 4.25. The first-order chi connectivity index (χ1) is 14.7. The van der Waals surface area contributed by atoms with Crippen molar-refractivity contribution in [2.45, 2.75) is 38.2 Å². The SMILES string of the molecule is CCN(CCN1CCSc2ccc(N=C(N)/C=C/C=C\SC)cc21)C(=O)OC(C)(C)C. The Morgan fingerprint density at radius 3 is 2.84 bits per heavy atom. The van der Waals surface area contributed by atoms with Gasteiger partial charge < -0.3 is 20.3 Å². The Bertz CT molecular complexity index is 831. The van der Waals surface area contributed by atoms with Gasteiger partial charge in [-0.1, -0.05) is 12.2 Å². The molecule has 170 valence electrons. The van der Waals surface area contributed by atoms with Gasteiger partial charge in [-0.3, -0.25) is 0 Å². The molecule has 0 saturated carbocycles. The first-order valence-corrected chi connectivity index (χ1v) is 12.7. The Labute approximate surface area is 195 Å². The number of benzene rings is 1. The molecular weight excluding hydrogens is 428 g/mol. The number of carbonyl (C=O) groups excluding carboxylic acids is 1. The Morgan fingerprint density at radius 1 is 1.39 bits per heavy atom. The van der Waals surface area contributed by atoms with E-state index in [-0.39, 0.29) is 6.09 Å². The highest BCUT2D eigenvalue weighted by Gasteiger charge is 2.23. The molecular formula is C23H34N4O2S2. The number of likely N-dealkylation sites (N-methyl/N-ethyl adjacent to an activating group) is 1. The largest absolute Gasteiger partial charge is 0.444 e. The second-order valence-corrected chi connectivity index (χ2v) is 9.89. The number of allylic oxidation sites excluding steroid dienone is 2. The zero-order valence-corrected chi connectivity index (χ0v) is 20.8. The normalized spacial score (nSPS) is 14.9. The summed E-state index contributed by atoms with van der Waals surface area (Å²) in [5.74, 6) is 1.48. The van der Waals surface area contributed by atoms with E-state index in [9.17, 15) is 4.79 Å². The maximum absolute atomic E-state index is 12.4. The smallest absolute Gasteiger partial charge is 0.410 e. The van der Waals surface area contributed by atoms with Crippen molar-refractivity contribution in [1.82, 2.24) is 4.90 Å². The van der Waals surface area contributed by atoms with Crippen molar-refractivity contribution in [3.63, 3.8) is 0 Å². The molecule has 0 bridgehead atoms. The van der Waals surface area contributed by atoms with Crippen molar-refractivity contribution < 1.29 is 9.53 Å². The van der Waals surface area contributed by atoms with Crippen molar-refractivity contribution in [2.24, 2.45) is 10.7 Å². The van der Waals surface area contributed by atoms with E-state index < -0.39 is 5.60 Å². The lowest BCUT2D eigenvalue weighted by molar-refractivity contribution is 0.0265. The summed E-state index contributed by atoms with van der Waals surface area (Å²) in [6.45, 7) is 10.5. The number of hydrogen-bond donors (Lipinski definition) is 1. The van der Waals surface area contributed by atoms with Crippen LogP contribution in [0, 0.1) is 0 Å². The molecule has 1 amide bonds. The van der Waals surface area contributed by atoms with E-state index in [1.807, 2.05) is 69.3 Å². The minimum absolute atomic E-state index is 0.268. The van der Waals surface area contributed by atoms with Gasteiger partial charge in [0.05, 0.1) is 11.4 Å². The zero-order chi connectivity index (χ0) is 22.9. The maximum atomic E-state index is 12.4. The van der Waals surface area contributed by atoms with Crippen LogP contribution >= 0.6 is 23.5 Å². The van der Waals surface area contributed by atoms with Crippen molar-refractivity contribution in [1.29, 1.82) is 0 Å². The van der Waals surface area contributed by atoms with Crippen LogP contribution in [-0.2, 0) is 4.74 Å². The van der Waals surface area contributed by atoms with E-state index in [0.717, 1.165) is 30.2 Å². The van der Waals surface area contributed by atoms with Gasteiger partial charge in [-0.05, 0) is 63.6 Å². The number of thioether (sulfide) groups is 2. The molecule has 6 nitrogen and oxygen atoms in total. The molecule has 0 fully saturated rings. The van der Waals surface area contributed by atoms with Crippen molar-refractivity contribution in [3.8, 4) is 0 Å². The van der Waals surface area contributed by atoms with Gasteiger partial charge in [0.2, 0.25) is 0 Å². The highest BCUT2D eigenvalue weighted by Crippen LogP contribution is 2.37. The number of aliphatic imine (C=N–C) groups is 1. The summed E-state index contributed by atoms with van der Waals surface area (Å²) in [6, 6.07) is 6.16. The molecule has 1 heterocycles. The second kappa shape index (κ2) is 12.1. The first kappa shape index (κ1) is 25.2. The van der Waals surface area contributed by atoms with Gasteiger partial charge in [-0.2, -0.15) is 0 Å². The summed E-state index contributed by atoms with van der Waals surface area (Å²) in [7, 11) is 0. The first-order valence-electron chi connectivity index (χ1n) is 10.4. The van der Waals surface area contributed by atoms with Crippen LogP contribution in [-0.4, -0.2) is 60.6 Å². The van der Waals surface area contributed by atoms with Gasteiger partial charge in [-0.25, -0.2) is 9.79 Å². The van der Waals surface area contributed by atoms with Gasteiger partial charge in [0.1, 0.15) is 11.4 Å². The summed E-state index contributed by atoms with van der Waals surface area (Å²) in [6.07, 6.45) is 7.34. The van der Waals surface area contributed by atoms with Gasteiger partial charge in [-0.15, -0.1) is 23.5 Å². The Morgan fingerprint density at radius 2 is 2.16 bits per heavy atom. The third-order valence-corrected chi connectivity index (χ3v) is 5.90. The number of ether oxygens (including phenoxy) is 1. The van der Waals surface area contributed by atoms with Gasteiger partial charge in [0.15, 0.2) is 0 Å². The number of amidine groups is 1. The molecule has 2 N–H and O–H groups in total. The predicted octanol–water partition coefficient (Wildman–Crippen LogP) is 5.28. The van der Waals surface area contributed by atoms with Crippen LogP contribution in [0.1, 0.15) is 27.7 Å². The van der Waals surface area contributed by atoms with E-state index >= 15 is 0 Å². The molecule has 0 radical (unpaired) electrons. The molecule has 1 aromatic rings. The topological polar surface area (TPSA) is 71.2 Å². The quantitative estimate of drug-likeness (QED) is 0.322. The third-order valence-electron chi connectivity index (χ3n) is 4.43. The number of hydrogen-bond acceptors (Lipinski definition) is 6. The van der Waals surface area contributed by atoms with E-state index in [4.69, 9.17) is 10.5 Å². The van der Waals surface area contributed by atoms with Gasteiger partial charge >= 0.3 is 6.09 Å². The van der Waals surface area contributed by atoms with Crippen LogP contribution in [0.15, 0.2) is 51.7 Å². The molecule has 1 aliphatic rings. The van der Waals surface area contributed by atoms with Crippen LogP contribution < -0.4 is 10.6 Å². The lowest BCUT2D eigenvalue weighted by Crippen LogP contribution is -2.42. The highest BCUT2D eigenvalue weighted by molar-refractivity contribution is 8.01. The molecule has 0 saturated heterocycles. The summed E-state index contributed by atoms with van der Waals surface area (Å²) < 4.78 is 5.53.